The highest BCUT2D eigenvalue weighted by atomic mass is 16.2. The van der Waals surface area contributed by atoms with E-state index in [1.54, 1.807) is 18.2 Å². The molecule has 0 radical (unpaired) electrons. The summed E-state index contributed by atoms with van der Waals surface area (Å²) in [4.78, 5) is 39.3. The van der Waals surface area contributed by atoms with E-state index in [9.17, 15) is 14.4 Å². The third-order valence-corrected chi connectivity index (χ3v) is 6.09. The standard InChI is InChI=1S/C27H27N3O3/c1-6-20-9-7-8-17(3)24(20)29-18(4)14-21(19(29)5)15-23-25(31)28-27(33)30(26(23)32)22-12-10-16(2)11-13-22/h7-15H,6H2,1-5H3,(H,28,31,33). The van der Waals surface area contributed by atoms with Crippen molar-refractivity contribution in [3.63, 3.8) is 0 Å². The molecule has 4 rings (SSSR count). The Morgan fingerprint density at radius 1 is 0.939 bits per heavy atom. The molecule has 0 spiro atoms. The molecule has 2 heterocycles. The molecule has 0 aliphatic carbocycles. The molecule has 0 atom stereocenters. The molecule has 1 aliphatic rings. The fourth-order valence-corrected chi connectivity index (χ4v) is 4.34. The Morgan fingerprint density at radius 3 is 2.30 bits per heavy atom. The van der Waals surface area contributed by atoms with Gasteiger partial charge in [0.25, 0.3) is 11.8 Å². The number of aryl methyl sites for hydroxylation is 4. The van der Waals surface area contributed by atoms with Crippen molar-refractivity contribution in [1.29, 1.82) is 0 Å². The highest BCUT2D eigenvalue weighted by molar-refractivity contribution is 6.39. The fourth-order valence-electron chi connectivity index (χ4n) is 4.34. The molecule has 1 saturated heterocycles. The van der Waals surface area contributed by atoms with Crippen LogP contribution < -0.4 is 10.2 Å². The Bertz CT molecular complexity index is 1310. The summed E-state index contributed by atoms with van der Waals surface area (Å²) in [5.41, 5.74) is 7.52. The van der Waals surface area contributed by atoms with Crippen LogP contribution in [0.3, 0.4) is 0 Å². The number of aromatic nitrogens is 1. The van der Waals surface area contributed by atoms with Crippen LogP contribution in [0.5, 0.6) is 0 Å². The maximum Gasteiger partial charge on any atom is 0.335 e. The first kappa shape index (κ1) is 22.3. The summed E-state index contributed by atoms with van der Waals surface area (Å²) < 4.78 is 2.16. The van der Waals surface area contributed by atoms with Gasteiger partial charge in [-0.3, -0.25) is 14.9 Å². The molecule has 6 nitrogen and oxygen atoms in total. The number of nitrogens with zero attached hydrogens (tertiary/aromatic N) is 2. The predicted molar refractivity (Wildman–Crippen MR) is 130 cm³/mol. The van der Waals surface area contributed by atoms with Crippen LogP contribution in [0.2, 0.25) is 0 Å². The van der Waals surface area contributed by atoms with E-state index in [1.807, 2.05) is 39.0 Å². The molecule has 2 aromatic carbocycles. The van der Waals surface area contributed by atoms with Crippen molar-refractivity contribution in [2.24, 2.45) is 0 Å². The molecular weight excluding hydrogens is 414 g/mol. The van der Waals surface area contributed by atoms with Crippen molar-refractivity contribution in [2.45, 2.75) is 41.0 Å². The summed E-state index contributed by atoms with van der Waals surface area (Å²) in [6.07, 6.45) is 2.47. The topological polar surface area (TPSA) is 71.4 Å². The zero-order chi connectivity index (χ0) is 23.9. The molecule has 168 valence electrons. The molecule has 0 unspecified atom stereocenters. The number of rotatable bonds is 4. The Balaban J connectivity index is 1.80. The second kappa shape index (κ2) is 8.54. The SMILES string of the molecule is CCc1cccc(C)c1-n1c(C)cc(C=C2C(=O)NC(=O)N(c3ccc(C)cc3)C2=O)c1C. The summed E-state index contributed by atoms with van der Waals surface area (Å²) in [7, 11) is 0. The number of nitrogens with one attached hydrogen (secondary N) is 1. The highest BCUT2D eigenvalue weighted by Crippen LogP contribution is 2.29. The number of benzene rings is 2. The first-order valence-corrected chi connectivity index (χ1v) is 11.0. The summed E-state index contributed by atoms with van der Waals surface area (Å²) in [6, 6.07) is 14.5. The number of carbonyl (C=O) groups is 3. The van der Waals surface area contributed by atoms with Crippen molar-refractivity contribution >= 4 is 29.6 Å². The first-order valence-electron chi connectivity index (χ1n) is 11.0. The molecule has 1 N–H and O–H groups in total. The molecule has 0 saturated carbocycles. The van der Waals surface area contributed by atoms with E-state index in [2.05, 4.69) is 41.9 Å². The van der Waals surface area contributed by atoms with Gasteiger partial charge in [0.05, 0.1) is 11.4 Å². The highest BCUT2D eigenvalue weighted by Gasteiger charge is 2.37. The normalized spacial score (nSPS) is 15.4. The summed E-state index contributed by atoms with van der Waals surface area (Å²) >= 11 is 0. The molecule has 1 fully saturated rings. The van der Waals surface area contributed by atoms with Crippen molar-refractivity contribution < 1.29 is 14.4 Å². The Labute approximate surface area is 193 Å². The lowest BCUT2D eigenvalue weighted by molar-refractivity contribution is -0.122. The Kier molecular flexibility index (Phi) is 5.77. The lowest BCUT2D eigenvalue weighted by Crippen LogP contribution is -2.54. The molecule has 3 aromatic rings. The predicted octanol–water partition coefficient (Wildman–Crippen LogP) is 4.94. The van der Waals surface area contributed by atoms with Gasteiger partial charge in [-0.2, -0.15) is 0 Å². The summed E-state index contributed by atoms with van der Waals surface area (Å²) in [5, 5.41) is 2.30. The van der Waals surface area contributed by atoms with Gasteiger partial charge in [0.2, 0.25) is 0 Å². The van der Waals surface area contributed by atoms with E-state index in [0.717, 1.165) is 45.1 Å². The lowest BCUT2D eigenvalue weighted by Gasteiger charge is -2.26. The van der Waals surface area contributed by atoms with Gasteiger partial charge in [-0.15, -0.1) is 0 Å². The molecule has 0 bridgehead atoms. The first-order chi connectivity index (χ1) is 15.7. The molecule has 33 heavy (non-hydrogen) atoms. The van der Waals surface area contributed by atoms with Crippen LogP contribution in [0.1, 0.15) is 40.6 Å². The van der Waals surface area contributed by atoms with Crippen LogP contribution in [0, 0.1) is 27.7 Å². The van der Waals surface area contributed by atoms with Crippen LogP contribution in [-0.2, 0) is 16.0 Å². The quantitative estimate of drug-likeness (QED) is 0.460. The van der Waals surface area contributed by atoms with Gasteiger partial charge in [0.15, 0.2) is 0 Å². The summed E-state index contributed by atoms with van der Waals surface area (Å²) in [6.45, 7) is 10.1. The Hall–Kier alpha value is -3.93. The number of anilines is 1. The van der Waals surface area contributed by atoms with Crippen molar-refractivity contribution in [2.75, 3.05) is 4.90 Å². The summed E-state index contributed by atoms with van der Waals surface area (Å²) in [5.74, 6) is -1.33. The minimum atomic E-state index is -0.746. The van der Waals surface area contributed by atoms with Gasteiger partial charge >= 0.3 is 6.03 Å². The van der Waals surface area contributed by atoms with Gasteiger partial charge in [-0.25, -0.2) is 9.69 Å². The number of urea groups is 1. The molecule has 1 aromatic heterocycles. The minimum Gasteiger partial charge on any atom is -0.317 e. The van der Waals surface area contributed by atoms with Crippen LogP contribution >= 0.6 is 0 Å². The number of barbiturate groups is 1. The van der Waals surface area contributed by atoms with Gasteiger partial charge < -0.3 is 4.57 Å². The monoisotopic (exact) mass is 441 g/mol. The van der Waals surface area contributed by atoms with Gasteiger partial charge in [-0.05, 0) is 75.1 Å². The number of hydrogen-bond acceptors (Lipinski definition) is 3. The molecule has 4 amide bonds. The maximum absolute atomic E-state index is 13.2. The van der Waals surface area contributed by atoms with Crippen molar-refractivity contribution in [3.05, 3.63) is 87.7 Å². The Morgan fingerprint density at radius 2 is 1.64 bits per heavy atom. The van der Waals surface area contributed by atoms with Gasteiger partial charge in [0.1, 0.15) is 5.57 Å². The second-order valence-corrected chi connectivity index (χ2v) is 8.39. The molecule has 6 heteroatoms. The average Bonchev–Trinajstić information content (AvgIpc) is 3.05. The zero-order valence-corrected chi connectivity index (χ0v) is 19.5. The molecular formula is C27H27N3O3. The van der Waals surface area contributed by atoms with E-state index >= 15 is 0 Å². The van der Waals surface area contributed by atoms with E-state index in [4.69, 9.17) is 0 Å². The van der Waals surface area contributed by atoms with Crippen LogP contribution in [0.4, 0.5) is 10.5 Å². The van der Waals surface area contributed by atoms with Crippen LogP contribution in [-0.4, -0.2) is 22.4 Å². The van der Waals surface area contributed by atoms with E-state index in [1.165, 1.54) is 5.56 Å². The largest absolute Gasteiger partial charge is 0.335 e. The average molecular weight is 442 g/mol. The van der Waals surface area contributed by atoms with E-state index < -0.39 is 17.8 Å². The minimum absolute atomic E-state index is 0.0732. The number of amides is 4. The number of carbonyl (C=O) groups excluding carboxylic acids is 3. The van der Waals surface area contributed by atoms with Gasteiger partial charge in [0, 0.05) is 11.4 Å². The number of hydrogen-bond donors (Lipinski definition) is 1. The fraction of sp³-hybridized carbons (Fsp3) is 0.222. The second-order valence-electron chi connectivity index (χ2n) is 8.39. The lowest BCUT2D eigenvalue weighted by atomic mass is 10.0. The number of para-hydroxylation sites is 1. The van der Waals surface area contributed by atoms with Crippen molar-refractivity contribution in [1.82, 2.24) is 9.88 Å². The molecule has 1 aliphatic heterocycles. The van der Waals surface area contributed by atoms with Crippen molar-refractivity contribution in [3.8, 4) is 5.69 Å². The third-order valence-electron chi connectivity index (χ3n) is 6.09. The van der Waals surface area contributed by atoms with E-state index in [-0.39, 0.29) is 5.57 Å². The van der Waals surface area contributed by atoms with Gasteiger partial charge in [-0.1, -0.05) is 42.8 Å². The number of imide groups is 2. The van der Waals surface area contributed by atoms with E-state index in [0.29, 0.717) is 5.69 Å². The third kappa shape index (κ3) is 3.89. The smallest absolute Gasteiger partial charge is 0.317 e. The maximum atomic E-state index is 13.2. The van der Waals surface area contributed by atoms with Crippen LogP contribution in [0.15, 0.2) is 54.1 Å². The van der Waals surface area contributed by atoms with Crippen LogP contribution in [0.25, 0.3) is 11.8 Å². The zero-order valence-electron chi connectivity index (χ0n) is 19.5.